The summed E-state index contributed by atoms with van der Waals surface area (Å²) in [6.45, 7) is 11.2. The molecule has 0 amide bonds. The standard InChI is InChI=1S/C22H29FO2/c1-7-15-9-11-17(18-14-16(24-6)10-12-20(18)23)19(13-15)21(25-8-2)22(3,4)5/h9-14,21H,7-8H2,1-6H3. The first-order chi connectivity index (χ1) is 11.8. The molecule has 0 radical (unpaired) electrons. The highest BCUT2D eigenvalue weighted by Gasteiger charge is 2.30. The van der Waals surface area contributed by atoms with Crippen LogP contribution >= 0.6 is 0 Å². The van der Waals surface area contributed by atoms with Gasteiger partial charge in [-0.3, -0.25) is 0 Å². The van der Waals surface area contributed by atoms with Gasteiger partial charge in [0.2, 0.25) is 0 Å². The van der Waals surface area contributed by atoms with Gasteiger partial charge >= 0.3 is 0 Å². The monoisotopic (exact) mass is 344 g/mol. The Labute approximate surface area is 151 Å². The number of hydrogen-bond acceptors (Lipinski definition) is 2. The predicted molar refractivity (Wildman–Crippen MR) is 102 cm³/mol. The highest BCUT2D eigenvalue weighted by molar-refractivity contribution is 5.70. The smallest absolute Gasteiger partial charge is 0.131 e. The Morgan fingerprint density at radius 1 is 1.00 bits per heavy atom. The van der Waals surface area contributed by atoms with Crippen LogP contribution in [0.2, 0.25) is 0 Å². The molecule has 0 fully saturated rings. The van der Waals surface area contributed by atoms with Crippen LogP contribution in [0.4, 0.5) is 4.39 Å². The highest BCUT2D eigenvalue weighted by Crippen LogP contribution is 2.42. The summed E-state index contributed by atoms with van der Waals surface area (Å²) in [6, 6.07) is 11.1. The quantitative estimate of drug-likeness (QED) is 0.622. The molecule has 0 aromatic heterocycles. The minimum Gasteiger partial charge on any atom is -0.497 e. The zero-order valence-corrected chi connectivity index (χ0v) is 16.2. The molecule has 0 saturated heterocycles. The molecule has 0 aliphatic heterocycles. The van der Waals surface area contributed by atoms with Crippen molar-refractivity contribution in [3.05, 3.63) is 53.3 Å². The molecule has 25 heavy (non-hydrogen) atoms. The number of hydrogen-bond donors (Lipinski definition) is 0. The average Bonchev–Trinajstić information content (AvgIpc) is 2.58. The minimum atomic E-state index is -0.254. The molecule has 0 aliphatic rings. The summed E-state index contributed by atoms with van der Waals surface area (Å²) in [4.78, 5) is 0. The summed E-state index contributed by atoms with van der Waals surface area (Å²) < 4.78 is 26.0. The Bertz CT molecular complexity index is 716. The molecule has 1 atom stereocenters. The van der Waals surface area contributed by atoms with Crippen LogP contribution in [0, 0.1) is 11.2 Å². The second-order valence-electron chi connectivity index (χ2n) is 7.32. The van der Waals surface area contributed by atoms with Crippen molar-refractivity contribution in [2.75, 3.05) is 13.7 Å². The summed E-state index contributed by atoms with van der Waals surface area (Å²) in [7, 11) is 1.59. The van der Waals surface area contributed by atoms with Gasteiger partial charge in [0.15, 0.2) is 0 Å². The van der Waals surface area contributed by atoms with E-state index in [1.807, 2.05) is 13.0 Å². The number of methoxy groups -OCH3 is 1. The minimum absolute atomic E-state index is 0.105. The molecular weight excluding hydrogens is 315 g/mol. The van der Waals surface area contributed by atoms with Gasteiger partial charge in [-0.25, -0.2) is 4.39 Å². The van der Waals surface area contributed by atoms with E-state index in [4.69, 9.17) is 9.47 Å². The first kappa shape index (κ1) is 19.5. The van der Waals surface area contributed by atoms with E-state index in [1.54, 1.807) is 19.2 Å². The third-order valence-corrected chi connectivity index (χ3v) is 4.39. The van der Waals surface area contributed by atoms with Crippen LogP contribution in [0.25, 0.3) is 11.1 Å². The molecule has 2 rings (SSSR count). The maximum Gasteiger partial charge on any atom is 0.131 e. The van der Waals surface area contributed by atoms with Gasteiger partial charge in [-0.1, -0.05) is 45.9 Å². The molecule has 2 nitrogen and oxygen atoms in total. The van der Waals surface area contributed by atoms with E-state index in [-0.39, 0.29) is 17.3 Å². The van der Waals surface area contributed by atoms with Crippen LogP contribution in [0.5, 0.6) is 5.75 Å². The van der Waals surface area contributed by atoms with Gasteiger partial charge in [-0.05, 0) is 53.6 Å². The second kappa shape index (κ2) is 8.01. The van der Waals surface area contributed by atoms with E-state index >= 15 is 0 Å². The van der Waals surface area contributed by atoms with Crippen molar-refractivity contribution in [2.45, 2.75) is 47.1 Å². The summed E-state index contributed by atoms with van der Waals surface area (Å²) in [5.41, 5.74) is 3.55. The Kier molecular flexibility index (Phi) is 6.23. The maximum atomic E-state index is 14.6. The average molecular weight is 344 g/mol. The molecule has 0 N–H and O–H groups in total. The van der Waals surface area contributed by atoms with Gasteiger partial charge in [0.25, 0.3) is 0 Å². The van der Waals surface area contributed by atoms with Gasteiger partial charge < -0.3 is 9.47 Å². The summed E-state index contributed by atoms with van der Waals surface area (Å²) >= 11 is 0. The number of aryl methyl sites for hydroxylation is 1. The summed E-state index contributed by atoms with van der Waals surface area (Å²) in [5.74, 6) is 0.390. The van der Waals surface area contributed by atoms with Crippen molar-refractivity contribution in [1.29, 1.82) is 0 Å². The zero-order valence-electron chi connectivity index (χ0n) is 16.2. The summed E-state index contributed by atoms with van der Waals surface area (Å²) in [6.07, 6.45) is 0.807. The van der Waals surface area contributed by atoms with Gasteiger partial charge in [-0.2, -0.15) is 0 Å². The van der Waals surface area contributed by atoms with Crippen LogP contribution in [0.15, 0.2) is 36.4 Å². The molecular formula is C22H29FO2. The topological polar surface area (TPSA) is 18.5 Å². The molecule has 0 spiro atoms. The van der Waals surface area contributed by atoms with Gasteiger partial charge in [0, 0.05) is 12.2 Å². The Morgan fingerprint density at radius 3 is 2.28 bits per heavy atom. The highest BCUT2D eigenvalue weighted by atomic mass is 19.1. The molecule has 0 bridgehead atoms. The lowest BCUT2D eigenvalue weighted by Gasteiger charge is -2.32. The van der Waals surface area contributed by atoms with Gasteiger partial charge in [0.1, 0.15) is 11.6 Å². The lowest BCUT2D eigenvalue weighted by Crippen LogP contribution is -2.22. The molecule has 136 valence electrons. The van der Waals surface area contributed by atoms with Crippen LogP contribution in [0.3, 0.4) is 0 Å². The Morgan fingerprint density at radius 2 is 1.72 bits per heavy atom. The van der Waals surface area contributed by atoms with Crippen molar-refractivity contribution in [3.8, 4) is 16.9 Å². The van der Waals surface area contributed by atoms with E-state index in [2.05, 4.69) is 39.8 Å². The first-order valence-electron chi connectivity index (χ1n) is 8.90. The molecule has 0 aliphatic carbocycles. The maximum absolute atomic E-state index is 14.6. The van der Waals surface area contributed by atoms with E-state index < -0.39 is 0 Å². The third-order valence-electron chi connectivity index (χ3n) is 4.39. The number of ether oxygens (including phenoxy) is 2. The van der Waals surface area contributed by atoms with Crippen LogP contribution in [-0.2, 0) is 11.2 Å². The Balaban J connectivity index is 2.70. The Hall–Kier alpha value is -1.87. The van der Waals surface area contributed by atoms with E-state index in [1.165, 1.54) is 11.6 Å². The zero-order chi connectivity index (χ0) is 18.6. The van der Waals surface area contributed by atoms with Crippen molar-refractivity contribution >= 4 is 0 Å². The first-order valence-corrected chi connectivity index (χ1v) is 8.90. The van der Waals surface area contributed by atoms with E-state index in [0.717, 1.165) is 17.5 Å². The number of halogens is 1. The lowest BCUT2D eigenvalue weighted by atomic mass is 9.80. The van der Waals surface area contributed by atoms with E-state index in [9.17, 15) is 4.39 Å². The lowest BCUT2D eigenvalue weighted by molar-refractivity contribution is -0.0129. The largest absolute Gasteiger partial charge is 0.497 e. The third kappa shape index (κ3) is 4.40. The van der Waals surface area contributed by atoms with Crippen LogP contribution in [-0.4, -0.2) is 13.7 Å². The normalized spacial score (nSPS) is 12.9. The van der Waals surface area contributed by atoms with Crippen molar-refractivity contribution < 1.29 is 13.9 Å². The molecule has 1 unspecified atom stereocenters. The summed E-state index contributed by atoms with van der Waals surface area (Å²) in [5, 5.41) is 0. The molecule has 2 aromatic carbocycles. The van der Waals surface area contributed by atoms with Crippen LogP contribution in [0.1, 0.15) is 51.8 Å². The fraction of sp³-hybridized carbons (Fsp3) is 0.455. The molecule has 3 heteroatoms. The van der Waals surface area contributed by atoms with E-state index in [0.29, 0.717) is 17.9 Å². The van der Waals surface area contributed by atoms with Crippen molar-refractivity contribution in [1.82, 2.24) is 0 Å². The second-order valence-corrected chi connectivity index (χ2v) is 7.32. The number of rotatable bonds is 6. The predicted octanol–water partition coefficient (Wildman–Crippen LogP) is 6.19. The molecule has 2 aromatic rings. The van der Waals surface area contributed by atoms with Gasteiger partial charge in [0.05, 0.1) is 13.2 Å². The van der Waals surface area contributed by atoms with Gasteiger partial charge in [-0.15, -0.1) is 0 Å². The fourth-order valence-electron chi connectivity index (χ4n) is 3.11. The van der Waals surface area contributed by atoms with Crippen molar-refractivity contribution in [2.24, 2.45) is 5.41 Å². The molecule has 0 saturated carbocycles. The fourth-order valence-corrected chi connectivity index (χ4v) is 3.11. The molecule has 0 heterocycles. The number of benzene rings is 2. The van der Waals surface area contributed by atoms with Crippen LogP contribution < -0.4 is 4.74 Å². The van der Waals surface area contributed by atoms with Crippen molar-refractivity contribution in [3.63, 3.8) is 0 Å². The SMILES string of the molecule is CCOC(c1cc(CC)ccc1-c1cc(OC)ccc1F)C(C)(C)C.